The van der Waals surface area contributed by atoms with E-state index in [1.807, 2.05) is 12.3 Å². The Morgan fingerprint density at radius 3 is 2.68 bits per heavy atom. The van der Waals surface area contributed by atoms with E-state index < -0.39 is 0 Å². The Morgan fingerprint density at radius 1 is 1.05 bits per heavy atom. The lowest BCUT2D eigenvalue weighted by Gasteiger charge is -2.38. The molecule has 0 amide bonds. The Balaban J connectivity index is 1.96. The average molecular weight is 252 g/mol. The molecule has 0 radical (unpaired) electrons. The van der Waals surface area contributed by atoms with E-state index in [0.717, 1.165) is 6.54 Å². The van der Waals surface area contributed by atoms with Crippen LogP contribution in [0.5, 0.6) is 0 Å². The van der Waals surface area contributed by atoms with Crippen LogP contribution in [0.15, 0.2) is 48.7 Å². The van der Waals surface area contributed by atoms with E-state index in [-0.39, 0.29) is 0 Å². The van der Waals surface area contributed by atoms with E-state index in [2.05, 4.69) is 53.2 Å². The normalized spacial score (nSPS) is 19.4. The zero-order valence-electron chi connectivity index (χ0n) is 11.4. The van der Waals surface area contributed by atoms with Crippen LogP contribution in [0.1, 0.15) is 36.6 Å². The number of hydrogen-bond donors (Lipinski definition) is 0. The summed E-state index contributed by atoms with van der Waals surface area (Å²) in [6, 6.07) is 15.3. The van der Waals surface area contributed by atoms with Crippen molar-refractivity contribution >= 4 is 5.69 Å². The molecule has 1 aliphatic rings. The number of anilines is 1. The Kier molecular flexibility index (Phi) is 3.49. The molecular formula is C17H20N2. The van der Waals surface area contributed by atoms with Gasteiger partial charge in [0.2, 0.25) is 0 Å². The molecule has 0 aliphatic carbocycles. The first-order valence-electron chi connectivity index (χ1n) is 7.09. The smallest absolute Gasteiger partial charge is 0.0713 e. The van der Waals surface area contributed by atoms with E-state index >= 15 is 0 Å². The fourth-order valence-electron chi connectivity index (χ4n) is 2.99. The maximum Gasteiger partial charge on any atom is 0.0713 e. The molecule has 1 unspecified atom stereocenters. The minimum Gasteiger partial charge on any atom is -0.363 e. The van der Waals surface area contributed by atoms with E-state index in [9.17, 15) is 0 Å². The molecule has 2 heteroatoms. The second-order valence-electron chi connectivity index (χ2n) is 5.25. The van der Waals surface area contributed by atoms with Gasteiger partial charge < -0.3 is 4.90 Å². The molecule has 19 heavy (non-hydrogen) atoms. The van der Waals surface area contributed by atoms with Gasteiger partial charge in [-0.15, -0.1) is 0 Å². The van der Waals surface area contributed by atoms with Gasteiger partial charge in [0, 0.05) is 18.4 Å². The van der Waals surface area contributed by atoms with Crippen molar-refractivity contribution in [1.82, 2.24) is 4.98 Å². The SMILES string of the molecule is Cc1ccccc1N1CCCCC1c1ccccn1. The fourth-order valence-corrected chi connectivity index (χ4v) is 2.99. The quantitative estimate of drug-likeness (QED) is 0.799. The molecule has 1 aromatic heterocycles. The summed E-state index contributed by atoms with van der Waals surface area (Å²) in [7, 11) is 0. The van der Waals surface area contributed by atoms with Crippen LogP contribution in [0.4, 0.5) is 5.69 Å². The average Bonchev–Trinajstić information content (AvgIpc) is 2.49. The molecular weight excluding hydrogens is 232 g/mol. The number of pyridine rings is 1. The summed E-state index contributed by atoms with van der Waals surface area (Å²) in [5.41, 5.74) is 3.91. The number of aryl methyl sites for hydroxylation is 1. The van der Waals surface area contributed by atoms with Crippen LogP contribution in [-0.2, 0) is 0 Å². The molecule has 0 spiro atoms. The fraction of sp³-hybridized carbons (Fsp3) is 0.353. The van der Waals surface area contributed by atoms with Gasteiger partial charge >= 0.3 is 0 Å². The van der Waals surface area contributed by atoms with Crippen molar-refractivity contribution in [2.45, 2.75) is 32.2 Å². The summed E-state index contributed by atoms with van der Waals surface area (Å²) < 4.78 is 0. The number of aromatic nitrogens is 1. The van der Waals surface area contributed by atoms with Gasteiger partial charge in [-0.25, -0.2) is 0 Å². The number of rotatable bonds is 2. The Morgan fingerprint density at radius 2 is 1.89 bits per heavy atom. The summed E-state index contributed by atoms with van der Waals surface area (Å²) in [4.78, 5) is 7.10. The maximum atomic E-state index is 4.57. The molecule has 1 aliphatic heterocycles. The van der Waals surface area contributed by atoms with Crippen molar-refractivity contribution < 1.29 is 0 Å². The van der Waals surface area contributed by atoms with Crippen LogP contribution in [0.2, 0.25) is 0 Å². The van der Waals surface area contributed by atoms with E-state index in [0.29, 0.717) is 6.04 Å². The first kappa shape index (κ1) is 12.2. The molecule has 0 bridgehead atoms. The molecule has 1 aromatic carbocycles. The number of benzene rings is 1. The van der Waals surface area contributed by atoms with Crippen molar-refractivity contribution in [3.8, 4) is 0 Å². The first-order valence-corrected chi connectivity index (χ1v) is 7.09. The molecule has 2 heterocycles. The third kappa shape index (κ3) is 2.48. The van der Waals surface area contributed by atoms with E-state index in [1.165, 1.54) is 36.2 Å². The summed E-state index contributed by atoms with van der Waals surface area (Å²) in [5.74, 6) is 0. The Hall–Kier alpha value is -1.83. The van der Waals surface area contributed by atoms with Crippen LogP contribution < -0.4 is 4.90 Å². The zero-order chi connectivity index (χ0) is 13.1. The van der Waals surface area contributed by atoms with Gasteiger partial charge in [-0.05, 0) is 49.9 Å². The second-order valence-corrected chi connectivity index (χ2v) is 5.25. The number of para-hydroxylation sites is 1. The van der Waals surface area contributed by atoms with Crippen molar-refractivity contribution in [3.63, 3.8) is 0 Å². The third-order valence-corrected chi connectivity index (χ3v) is 3.96. The van der Waals surface area contributed by atoms with Gasteiger partial charge in [0.1, 0.15) is 0 Å². The van der Waals surface area contributed by atoms with Crippen molar-refractivity contribution in [1.29, 1.82) is 0 Å². The van der Waals surface area contributed by atoms with Crippen molar-refractivity contribution in [3.05, 3.63) is 59.9 Å². The molecule has 1 fully saturated rings. The molecule has 98 valence electrons. The zero-order valence-corrected chi connectivity index (χ0v) is 11.4. The molecule has 0 saturated carbocycles. The number of nitrogens with zero attached hydrogens (tertiary/aromatic N) is 2. The molecule has 1 saturated heterocycles. The van der Waals surface area contributed by atoms with E-state index in [1.54, 1.807) is 0 Å². The highest BCUT2D eigenvalue weighted by atomic mass is 15.2. The maximum absolute atomic E-state index is 4.57. The third-order valence-electron chi connectivity index (χ3n) is 3.96. The summed E-state index contributed by atoms with van der Waals surface area (Å²) >= 11 is 0. The predicted molar refractivity (Wildman–Crippen MR) is 79.4 cm³/mol. The first-order chi connectivity index (χ1) is 9.36. The summed E-state index contributed by atoms with van der Waals surface area (Å²) in [6.07, 6.45) is 5.67. The molecule has 3 rings (SSSR count). The lowest BCUT2D eigenvalue weighted by molar-refractivity contribution is 0.465. The highest BCUT2D eigenvalue weighted by Gasteiger charge is 2.25. The standard InChI is InChI=1S/C17H20N2/c1-14-8-2-3-10-16(14)19-13-7-5-11-17(19)15-9-4-6-12-18-15/h2-4,6,8-10,12,17H,5,7,11,13H2,1H3. The largest absolute Gasteiger partial charge is 0.363 e. The Labute approximate surface area is 115 Å². The monoisotopic (exact) mass is 252 g/mol. The van der Waals surface area contributed by atoms with Gasteiger partial charge in [0.05, 0.1) is 11.7 Å². The number of piperidine rings is 1. The van der Waals surface area contributed by atoms with Gasteiger partial charge in [-0.3, -0.25) is 4.98 Å². The highest BCUT2D eigenvalue weighted by molar-refractivity contribution is 5.54. The lowest BCUT2D eigenvalue weighted by Crippen LogP contribution is -2.34. The Bertz CT molecular complexity index is 536. The molecule has 1 atom stereocenters. The molecule has 2 aromatic rings. The van der Waals surface area contributed by atoms with E-state index in [4.69, 9.17) is 0 Å². The van der Waals surface area contributed by atoms with Crippen LogP contribution in [0, 0.1) is 6.92 Å². The van der Waals surface area contributed by atoms with Gasteiger partial charge in [0.15, 0.2) is 0 Å². The second kappa shape index (κ2) is 5.43. The van der Waals surface area contributed by atoms with Crippen molar-refractivity contribution in [2.24, 2.45) is 0 Å². The topological polar surface area (TPSA) is 16.1 Å². The lowest BCUT2D eigenvalue weighted by atomic mass is 9.97. The van der Waals surface area contributed by atoms with Crippen molar-refractivity contribution in [2.75, 3.05) is 11.4 Å². The van der Waals surface area contributed by atoms with Gasteiger partial charge in [-0.1, -0.05) is 24.3 Å². The van der Waals surface area contributed by atoms with Crippen LogP contribution >= 0.6 is 0 Å². The summed E-state index contributed by atoms with van der Waals surface area (Å²) in [5, 5.41) is 0. The minimum absolute atomic E-state index is 0.427. The molecule has 0 N–H and O–H groups in total. The summed E-state index contributed by atoms with van der Waals surface area (Å²) in [6.45, 7) is 3.32. The van der Waals surface area contributed by atoms with Gasteiger partial charge in [0.25, 0.3) is 0 Å². The van der Waals surface area contributed by atoms with Crippen LogP contribution in [0.3, 0.4) is 0 Å². The van der Waals surface area contributed by atoms with Crippen LogP contribution in [0.25, 0.3) is 0 Å². The number of hydrogen-bond acceptors (Lipinski definition) is 2. The highest BCUT2D eigenvalue weighted by Crippen LogP contribution is 2.35. The molecule has 2 nitrogen and oxygen atoms in total. The minimum atomic E-state index is 0.427. The predicted octanol–water partition coefficient (Wildman–Crippen LogP) is 4.12. The van der Waals surface area contributed by atoms with Gasteiger partial charge in [-0.2, -0.15) is 0 Å². The van der Waals surface area contributed by atoms with Crippen LogP contribution in [-0.4, -0.2) is 11.5 Å².